The van der Waals surface area contributed by atoms with Crippen LogP contribution in [0.2, 0.25) is 0 Å². The fourth-order valence-electron chi connectivity index (χ4n) is 2.19. The molecule has 7 nitrogen and oxygen atoms in total. The summed E-state index contributed by atoms with van der Waals surface area (Å²) in [6, 6.07) is 9.61. The minimum absolute atomic E-state index is 0.162. The van der Waals surface area contributed by atoms with Crippen molar-refractivity contribution in [3.63, 3.8) is 0 Å². The second kappa shape index (κ2) is 5.80. The number of anilines is 2. The summed E-state index contributed by atoms with van der Waals surface area (Å²) in [6.07, 6.45) is 1.42. The number of aromatic hydroxyl groups is 1. The number of benzene rings is 2. The maximum Gasteiger partial charge on any atom is 0.339 e. The van der Waals surface area contributed by atoms with E-state index in [1.165, 1.54) is 18.5 Å². The van der Waals surface area contributed by atoms with E-state index in [9.17, 15) is 9.90 Å². The van der Waals surface area contributed by atoms with Gasteiger partial charge >= 0.3 is 5.97 Å². The van der Waals surface area contributed by atoms with Crippen LogP contribution in [-0.4, -0.2) is 33.3 Å². The van der Waals surface area contributed by atoms with Crippen LogP contribution < -0.4 is 10.1 Å². The Labute approximate surface area is 131 Å². The number of aromatic nitrogens is 2. The predicted molar refractivity (Wildman–Crippen MR) is 84.4 cm³/mol. The van der Waals surface area contributed by atoms with Crippen molar-refractivity contribution in [2.45, 2.75) is 0 Å². The molecule has 7 heteroatoms. The minimum Gasteiger partial charge on any atom is -0.507 e. The number of phenols is 1. The first-order valence-corrected chi connectivity index (χ1v) is 6.70. The highest BCUT2D eigenvalue weighted by Crippen LogP contribution is 2.28. The highest BCUT2D eigenvalue weighted by Gasteiger charge is 2.11. The summed E-state index contributed by atoms with van der Waals surface area (Å²) < 4.78 is 5.20. The molecule has 3 aromatic rings. The molecule has 0 aliphatic carbocycles. The summed E-state index contributed by atoms with van der Waals surface area (Å²) >= 11 is 0. The fourth-order valence-corrected chi connectivity index (χ4v) is 2.19. The number of rotatable bonds is 4. The number of fused-ring (bicyclic) bond motifs is 1. The lowest BCUT2D eigenvalue weighted by Crippen LogP contribution is -1.99. The van der Waals surface area contributed by atoms with Crippen LogP contribution >= 0.6 is 0 Å². The second-order valence-corrected chi connectivity index (χ2v) is 4.77. The standard InChI is InChI=1S/C16H13N3O4/c1-23-10-3-5-13-12(7-10)15(18-8-17-13)19-9-2-4-11(16(21)22)14(20)6-9/h2-8,20H,1H3,(H,21,22)(H,17,18,19). The van der Waals surface area contributed by atoms with E-state index in [-0.39, 0.29) is 11.3 Å². The van der Waals surface area contributed by atoms with Crippen LogP contribution in [0.4, 0.5) is 11.5 Å². The molecule has 2 aromatic carbocycles. The molecule has 3 N–H and O–H groups in total. The number of nitrogens with zero attached hydrogens (tertiary/aromatic N) is 2. The van der Waals surface area contributed by atoms with E-state index in [4.69, 9.17) is 9.84 Å². The number of nitrogens with one attached hydrogen (secondary N) is 1. The Kier molecular flexibility index (Phi) is 3.68. The summed E-state index contributed by atoms with van der Waals surface area (Å²) in [5, 5.41) is 22.5. The first kappa shape index (κ1) is 14.6. The highest BCUT2D eigenvalue weighted by molar-refractivity contribution is 5.93. The molecule has 23 heavy (non-hydrogen) atoms. The summed E-state index contributed by atoms with van der Waals surface area (Å²) in [4.78, 5) is 19.3. The van der Waals surface area contributed by atoms with Crippen molar-refractivity contribution >= 4 is 28.4 Å². The zero-order valence-electron chi connectivity index (χ0n) is 12.1. The third-order valence-electron chi connectivity index (χ3n) is 3.33. The van der Waals surface area contributed by atoms with E-state index >= 15 is 0 Å². The topological polar surface area (TPSA) is 105 Å². The second-order valence-electron chi connectivity index (χ2n) is 4.77. The van der Waals surface area contributed by atoms with Gasteiger partial charge < -0.3 is 20.3 Å². The summed E-state index contributed by atoms with van der Waals surface area (Å²) in [6.45, 7) is 0. The summed E-state index contributed by atoms with van der Waals surface area (Å²) in [5.74, 6) is -0.319. The Morgan fingerprint density at radius 2 is 2.00 bits per heavy atom. The van der Waals surface area contributed by atoms with Crippen LogP contribution in [0.1, 0.15) is 10.4 Å². The first-order valence-electron chi connectivity index (χ1n) is 6.70. The SMILES string of the molecule is COc1ccc2ncnc(Nc3ccc(C(=O)O)c(O)c3)c2c1. The lowest BCUT2D eigenvalue weighted by Gasteiger charge is -2.10. The molecule has 0 bridgehead atoms. The molecular weight excluding hydrogens is 298 g/mol. The zero-order valence-corrected chi connectivity index (χ0v) is 12.1. The van der Waals surface area contributed by atoms with Crippen molar-refractivity contribution in [2.24, 2.45) is 0 Å². The lowest BCUT2D eigenvalue weighted by atomic mass is 10.1. The molecule has 0 fully saturated rings. The number of ether oxygens (including phenoxy) is 1. The first-order chi connectivity index (χ1) is 11.1. The number of methoxy groups -OCH3 is 1. The van der Waals surface area contributed by atoms with Crippen LogP contribution in [-0.2, 0) is 0 Å². The molecular formula is C16H13N3O4. The third-order valence-corrected chi connectivity index (χ3v) is 3.33. The van der Waals surface area contributed by atoms with Crippen molar-refractivity contribution in [2.75, 3.05) is 12.4 Å². The molecule has 1 heterocycles. The Bertz CT molecular complexity index is 896. The van der Waals surface area contributed by atoms with Crippen LogP contribution in [0, 0.1) is 0 Å². The van der Waals surface area contributed by atoms with E-state index in [1.54, 1.807) is 25.3 Å². The maximum atomic E-state index is 10.9. The fraction of sp³-hybridized carbons (Fsp3) is 0.0625. The van der Waals surface area contributed by atoms with Gasteiger partial charge in [0.25, 0.3) is 0 Å². The molecule has 0 spiro atoms. The number of carboxylic acid groups (broad SMARTS) is 1. The zero-order chi connectivity index (χ0) is 16.4. The lowest BCUT2D eigenvalue weighted by molar-refractivity contribution is 0.0694. The monoisotopic (exact) mass is 311 g/mol. The van der Waals surface area contributed by atoms with Crippen molar-refractivity contribution < 1.29 is 19.7 Å². The number of hydrogen-bond acceptors (Lipinski definition) is 6. The normalized spacial score (nSPS) is 10.5. The molecule has 0 unspecified atom stereocenters. The maximum absolute atomic E-state index is 10.9. The van der Waals surface area contributed by atoms with Gasteiger partial charge in [-0.3, -0.25) is 0 Å². The number of carbonyl (C=O) groups is 1. The average molecular weight is 311 g/mol. The molecule has 116 valence electrons. The summed E-state index contributed by atoms with van der Waals surface area (Å²) in [7, 11) is 1.57. The molecule has 3 rings (SSSR count). The van der Waals surface area contributed by atoms with E-state index in [2.05, 4.69) is 15.3 Å². The highest BCUT2D eigenvalue weighted by atomic mass is 16.5. The van der Waals surface area contributed by atoms with E-state index in [0.29, 0.717) is 17.3 Å². The number of hydrogen-bond donors (Lipinski definition) is 3. The van der Waals surface area contributed by atoms with E-state index < -0.39 is 5.97 Å². The summed E-state index contributed by atoms with van der Waals surface area (Å²) in [5.41, 5.74) is 1.08. The third kappa shape index (κ3) is 2.84. The quantitative estimate of drug-likeness (QED) is 0.680. The van der Waals surface area contributed by atoms with Crippen molar-refractivity contribution in [1.82, 2.24) is 9.97 Å². The predicted octanol–water partition coefficient (Wildman–Crippen LogP) is 2.79. The molecule has 0 aliphatic rings. The van der Waals surface area contributed by atoms with Gasteiger partial charge in [-0.05, 0) is 30.3 Å². The molecule has 0 saturated heterocycles. The number of carboxylic acids is 1. The minimum atomic E-state index is -1.19. The van der Waals surface area contributed by atoms with Crippen molar-refractivity contribution in [1.29, 1.82) is 0 Å². The van der Waals surface area contributed by atoms with Gasteiger partial charge in [-0.2, -0.15) is 0 Å². The molecule has 0 aliphatic heterocycles. The van der Waals surface area contributed by atoms with Crippen LogP contribution in [0.5, 0.6) is 11.5 Å². The van der Waals surface area contributed by atoms with Crippen molar-refractivity contribution in [3.8, 4) is 11.5 Å². The van der Waals surface area contributed by atoms with Crippen molar-refractivity contribution in [3.05, 3.63) is 48.3 Å². The Morgan fingerprint density at radius 3 is 2.70 bits per heavy atom. The molecule has 0 saturated carbocycles. The van der Waals surface area contributed by atoms with Gasteiger partial charge in [0.05, 0.1) is 12.6 Å². The van der Waals surface area contributed by atoms with Gasteiger partial charge in [-0.25, -0.2) is 14.8 Å². The smallest absolute Gasteiger partial charge is 0.339 e. The van der Waals surface area contributed by atoms with Gasteiger partial charge in [0.15, 0.2) is 0 Å². The molecule has 1 aromatic heterocycles. The Morgan fingerprint density at radius 1 is 1.17 bits per heavy atom. The van der Waals surface area contributed by atoms with Gasteiger partial charge in [-0.1, -0.05) is 0 Å². The largest absolute Gasteiger partial charge is 0.507 e. The van der Waals surface area contributed by atoms with E-state index in [1.807, 2.05) is 6.07 Å². The average Bonchev–Trinajstić information content (AvgIpc) is 2.54. The van der Waals surface area contributed by atoms with Gasteiger partial charge in [0.1, 0.15) is 29.2 Å². The van der Waals surface area contributed by atoms with Crippen LogP contribution in [0.3, 0.4) is 0 Å². The van der Waals surface area contributed by atoms with Crippen LogP contribution in [0.25, 0.3) is 10.9 Å². The Hall–Kier alpha value is -3.35. The van der Waals surface area contributed by atoms with Gasteiger partial charge in [-0.15, -0.1) is 0 Å². The molecule has 0 radical (unpaired) electrons. The van der Waals surface area contributed by atoms with Crippen LogP contribution in [0.15, 0.2) is 42.7 Å². The molecule has 0 atom stereocenters. The van der Waals surface area contributed by atoms with Gasteiger partial charge in [0.2, 0.25) is 0 Å². The van der Waals surface area contributed by atoms with E-state index in [0.717, 1.165) is 10.9 Å². The molecule has 0 amide bonds. The van der Waals surface area contributed by atoms with Gasteiger partial charge in [0, 0.05) is 17.1 Å². The Balaban J connectivity index is 2.01. The number of aromatic carboxylic acids is 1.